The van der Waals surface area contributed by atoms with Crippen LogP contribution >= 0.6 is 0 Å². The lowest BCUT2D eigenvalue weighted by molar-refractivity contribution is 0.160. The Morgan fingerprint density at radius 3 is 1.75 bits per heavy atom. The van der Waals surface area contributed by atoms with Crippen LogP contribution in [0.3, 0.4) is 0 Å². The molecule has 1 unspecified atom stereocenters. The van der Waals surface area contributed by atoms with Gasteiger partial charge in [0.1, 0.15) is 0 Å². The normalized spacial score (nSPS) is 12.8. The van der Waals surface area contributed by atoms with Crippen LogP contribution in [-0.2, 0) is 10.8 Å². The van der Waals surface area contributed by atoms with Crippen LogP contribution in [-0.4, -0.2) is 47.5 Å². The molecule has 6 heteroatoms. The molecule has 5 nitrogen and oxygen atoms in total. The Balaban J connectivity index is 2.15. The topological polar surface area (TPSA) is 57.2 Å². The first-order valence-corrected chi connectivity index (χ1v) is 14.4. The van der Waals surface area contributed by atoms with E-state index < -0.39 is 8.32 Å². The Morgan fingerprint density at radius 1 is 0.750 bits per heavy atom. The van der Waals surface area contributed by atoms with Gasteiger partial charge in [-0.15, -0.1) is 0 Å². The van der Waals surface area contributed by atoms with E-state index >= 15 is 0 Å². The molecule has 0 saturated heterocycles. The molecule has 0 fully saturated rings. The van der Waals surface area contributed by atoms with Crippen LogP contribution in [0.25, 0.3) is 0 Å². The van der Waals surface area contributed by atoms with Crippen molar-refractivity contribution in [3.63, 3.8) is 0 Å². The second-order valence-corrected chi connectivity index (χ2v) is 14.2. The van der Waals surface area contributed by atoms with Crippen LogP contribution in [0, 0.1) is 0 Å². The predicted octanol–water partition coefficient (Wildman–Crippen LogP) is 4.97. The van der Waals surface area contributed by atoms with Crippen LogP contribution in [0.1, 0.15) is 39.2 Å². The maximum atomic E-state index is 9.72. The van der Waals surface area contributed by atoms with Gasteiger partial charge in [0, 0.05) is 18.6 Å². The zero-order chi connectivity index (χ0) is 26.2. The fourth-order valence-electron chi connectivity index (χ4n) is 5.03. The Morgan fingerprint density at radius 2 is 1.31 bits per heavy atom. The summed E-state index contributed by atoms with van der Waals surface area (Å²) in [7, 11) is 2.12. The Bertz CT molecular complexity index is 1040. The highest BCUT2D eigenvalue weighted by Crippen LogP contribution is 2.42. The van der Waals surface area contributed by atoms with Crippen molar-refractivity contribution in [1.29, 1.82) is 0 Å². The molecular formula is C30H40O5Si. The molecule has 0 heterocycles. The number of aliphatic hydroxyl groups is 1. The minimum atomic E-state index is -2.76. The molecule has 36 heavy (non-hydrogen) atoms. The second kappa shape index (κ2) is 12.4. The Kier molecular flexibility index (Phi) is 9.60. The maximum Gasteiger partial charge on any atom is 0.261 e. The highest BCUT2D eigenvalue weighted by Gasteiger charge is 2.51. The first kappa shape index (κ1) is 27.8. The molecule has 0 aromatic heterocycles. The van der Waals surface area contributed by atoms with Gasteiger partial charge in [-0.25, -0.2) is 0 Å². The molecule has 3 aromatic rings. The average Bonchev–Trinajstić information content (AvgIpc) is 2.89. The zero-order valence-corrected chi connectivity index (χ0v) is 23.4. The summed E-state index contributed by atoms with van der Waals surface area (Å²) in [5, 5.41) is 12.0. The van der Waals surface area contributed by atoms with Gasteiger partial charge in [-0.05, 0) is 34.3 Å². The first-order valence-electron chi connectivity index (χ1n) is 12.5. The molecule has 0 spiro atoms. The molecule has 3 aromatic carbocycles. The second-order valence-electron chi connectivity index (χ2n) is 9.97. The molecule has 1 N–H and O–H groups in total. The summed E-state index contributed by atoms with van der Waals surface area (Å²) in [5.41, 5.74) is 0.982. The minimum absolute atomic E-state index is 0.115. The number of hydrogen-bond acceptors (Lipinski definition) is 5. The van der Waals surface area contributed by atoms with Gasteiger partial charge in [-0.2, -0.15) is 0 Å². The largest absolute Gasteiger partial charge is 0.493 e. The molecule has 0 saturated carbocycles. The third-order valence-electron chi connectivity index (χ3n) is 6.68. The summed E-state index contributed by atoms with van der Waals surface area (Å²) in [6.07, 6.45) is 1.85. The van der Waals surface area contributed by atoms with E-state index in [-0.39, 0.29) is 17.7 Å². The summed E-state index contributed by atoms with van der Waals surface area (Å²) in [6.45, 7) is 6.95. The lowest BCUT2D eigenvalue weighted by atomic mass is 10.0. The van der Waals surface area contributed by atoms with Gasteiger partial charge in [-0.1, -0.05) is 87.5 Å². The lowest BCUT2D eigenvalue weighted by Crippen LogP contribution is -2.67. The summed E-state index contributed by atoms with van der Waals surface area (Å²) in [4.78, 5) is 0. The van der Waals surface area contributed by atoms with Gasteiger partial charge in [0.15, 0.2) is 11.5 Å². The highest BCUT2D eigenvalue weighted by molar-refractivity contribution is 6.99. The van der Waals surface area contributed by atoms with Gasteiger partial charge >= 0.3 is 0 Å². The van der Waals surface area contributed by atoms with E-state index in [1.807, 2.05) is 24.3 Å². The third kappa shape index (κ3) is 5.77. The summed E-state index contributed by atoms with van der Waals surface area (Å²) in [6, 6.07) is 25.2. The Hall–Kier alpha value is -2.80. The molecular weight excluding hydrogens is 468 g/mol. The van der Waals surface area contributed by atoms with Crippen molar-refractivity contribution < 1.29 is 23.7 Å². The van der Waals surface area contributed by atoms with Crippen LogP contribution < -0.4 is 24.6 Å². The zero-order valence-electron chi connectivity index (χ0n) is 22.4. The highest BCUT2D eigenvalue weighted by atomic mass is 28.4. The van der Waals surface area contributed by atoms with Crippen molar-refractivity contribution in [3.8, 4) is 17.2 Å². The molecule has 194 valence electrons. The monoisotopic (exact) mass is 508 g/mol. The van der Waals surface area contributed by atoms with E-state index in [9.17, 15) is 5.11 Å². The van der Waals surface area contributed by atoms with Crippen molar-refractivity contribution in [2.75, 3.05) is 27.9 Å². The molecule has 0 radical (unpaired) electrons. The first-order chi connectivity index (χ1) is 17.3. The van der Waals surface area contributed by atoms with Crippen molar-refractivity contribution in [3.05, 3.63) is 78.4 Å². The van der Waals surface area contributed by atoms with Crippen LogP contribution in [0.4, 0.5) is 0 Å². The number of rotatable bonds is 12. The van der Waals surface area contributed by atoms with Crippen LogP contribution in [0.2, 0.25) is 5.04 Å². The summed E-state index contributed by atoms with van der Waals surface area (Å²) >= 11 is 0. The molecule has 1 atom stereocenters. The van der Waals surface area contributed by atoms with Gasteiger partial charge < -0.3 is 23.7 Å². The van der Waals surface area contributed by atoms with Gasteiger partial charge in [-0.3, -0.25) is 0 Å². The Labute approximate surface area is 217 Å². The summed E-state index contributed by atoms with van der Waals surface area (Å²) in [5.74, 6) is 1.85. The molecule has 0 aliphatic heterocycles. The van der Waals surface area contributed by atoms with Crippen molar-refractivity contribution >= 4 is 18.7 Å². The minimum Gasteiger partial charge on any atom is -0.493 e. The number of ether oxygens (including phenoxy) is 3. The molecule has 0 aliphatic carbocycles. The van der Waals surface area contributed by atoms with E-state index in [1.54, 1.807) is 21.3 Å². The fraction of sp³-hybridized carbons (Fsp3) is 0.400. The predicted molar refractivity (Wildman–Crippen MR) is 149 cm³/mol. The van der Waals surface area contributed by atoms with Crippen molar-refractivity contribution in [1.82, 2.24) is 0 Å². The van der Waals surface area contributed by atoms with E-state index in [0.29, 0.717) is 30.1 Å². The van der Waals surface area contributed by atoms with Crippen LogP contribution in [0.5, 0.6) is 17.2 Å². The quantitative estimate of drug-likeness (QED) is 0.350. The number of hydrogen-bond donors (Lipinski definition) is 1. The van der Waals surface area contributed by atoms with Crippen LogP contribution in [0.15, 0.2) is 72.8 Å². The standard InChI is InChI=1S/C30H40O5Si/c1-30(2,3)36(25-15-9-7-10-16-25,26-17-11-8-12-18-26)35-24(14-13-21-31)22-23-19-20-27(32-4)29(34-6)28(23)33-5/h7-12,15-20,24,31H,13-14,21-22H2,1-6H3. The van der Waals surface area contributed by atoms with E-state index in [4.69, 9.17) is 18.6 Å². The summed E-state index contributed by atoms with van der Waals surface area (Å²) < 4.78 is 24.3. The number of benzene rings is 3. The third-order valence-corrected chi connectivity index (χ3v) is 11.8. The molecule has 0 bridgehead atoms. The van der Waals surface area contributed by atoms with E-state index in [0.717, 1.165) is 12.0 Å². The van der Waals surface area contributed by atoms with Gasteiger partial charge in [0.25, 0.3) is 8.32 Å². The molecule has 3 rings (SSSR count). The molecule has 0 amide bonds. The van der Waals surface area contributed by atoms with Crippen molar-refractivity contribution in [2.24, 2.45) is 0 Å². The SMILES string of the molecule is COc1ccc(CC(CCCO)O[Si](c2ccccc2)(c2ccccc2)C(C)(C)C)c(OC)c1OC. The molecule has 0 aliphatic rings. The van der Waals surface area contributed by atoms with Gasteiger partial charge in [0.2, 0.25) is 5.75 Å². The lowest BCUT2D eigenvalue weighted by Gasteiger charge is -2.45. The number of aliphatic hydroxyl groups excluding tert-OH is 1. The van der Waals surface area contributed by atoms with E-state index in [1.165, 1.54) is 10.4 Å². The van der Waals surface area contributed by atoms with Crippen molar-refractivity contribution in [2.45, 2.75) is 51.2 Å². The average molecular weight is 509 g/mol. The smallest absolute Gasteiger partial charge is 0.261 e. The fourth-order valence-corrected chi connectivity index (χ4v) is 9.75. The maximum absolute atomic E-state index is 9.72. The number of methoxy groups -OCH3 is 3. The van der Waals surface area contributed by atoms with Gasteiger partial charge in [0.05, 0.1) is 27.4 Å². The van der Waals surface area contributed by atoms with E-state index in [2.05, 4.69) is 69.3 Å².